The number of benzene rings is 2. The summed E-state index contributed by atoms with van der Waals surface area (Å²) in [5.74, 6) is -0.0418. The predicted octanol–water partition coefficient (Wildman–Crippen LogP) is 3.89. The summed E-state index contributed by atoms with van der Waals surface area (Å²) in [4.78, 5) is 37.2. The molecule has 0 atom stereocenters. The predicted molar refractivity (Wildman–Crippen MR) is 131 cm³/mol. The van der Waals surface area contributed by atoms with Crippen molar-refractivity contribution < 1.29 is 23.5 Å². The Hall–Kier alpha value is -3.81. The first-order valence-corrected chi connectivity index (χ1v) is 11.9. The number of para-hydroxylation sites is 1. The zero-order chi connectivity index (χ0) is 24.7. The number of rotatable bonds is 5. The van der Waals surface area contributed by atoms with Gasteiger partial charge in [-0.2, -0.15) is 0 Å². The maximum absolute atomic E-state index is 12.8. The fraction of sp³-hybridized carbons (Fsp3) is 0.370. The summed E-state index contributed by atoms with van der Waals surface area (Å²) in [5.41, 5.74) is 8.22. The fourth-order valence-electron chi connectivity index (χ4n) is 4.97. The van der Waals surface area contributed by atoms with Gasteiger partial charge in [-0.15, -0.1) is 0 Å². The van der Waals surface area contributed by atoms with Crippen LogP contribution in [0.4, 0.5) is 5.69 Å². The van der Waals surface area contributed by atoms with Crippen LogP contribution in [0.3, 0.4) is 0 Å². The van der Waals surface area contributed by atoms with Gasteiger partial charge in [0.15, 0.2) is 6.61 Å². The lowest BCUT2D eigenvalue weighted by atomic mass is 9.87. The van der Waals surface area contributed by atoms with E-state index in [4.69, 9.17) is 19.6 Å². The molecule has 8 heteroatoms. The molecule has 0 bridgehead atoms. The van der Waals surface area contributed by atoms with Crippen LogP contribution in [0, 0.1) is 0 Å². The number of carbonyl (C=O) groups excluding carboxylic acids is 2. The van der Waals surface area contributed by atoms with Crippen LogP contribution in [-0.4, -0.2) is 24.0 Å². The van der Waals surface area contributed by atoms with E-state index in [0.717, 1.165) is 42.2 Å². The number of primary amides is 1. The summed E-state index contributed by atoms with van der Waals surface area (Å²) >= 11 is 0. The molecule has 8 nitrogen and oxygen atoms in total. The Morgan fingerprint density at radius 2 is 1.83 bits per heavy atom. The van der Waals surface area contributed by atoms with Crippen molar-refractivity contribution in [3.8, 4) is 11.5 Å². The number of ether oxygens (including phenoxy) is 2. The van der Waals surface area contributed by atoms with Crippen molar-refractivity contribution in [3.05, 3.63) is 63.0 Å². The van der Waals surface area contributed by atoms with Gasteiger partial charge in [0, 0.05) is 17.2 Å². The van der Waals surface area contributed by atoms with Crippen LogP contribution in [0.5, 0.6) is 11.5 Å². The molecule has 182 valence electrons. The van der Waals surface area contributed by atoms with E-state index in [2.05, 4.69) is 5.32 Å². The van der Waals surface area contributed by atoms with Crippen molar-refractivity contribution in [2.24, 2.45) is 5.73 Å². The Morgan fingerprint density at radius 3 is 2.60 bits per heavy atom. The Bertz CT molecular complexity index is 1410. The summed E-state index contributed by atoms with van der Waals surface area (Å²) in [7, 11) is 0. The Balaban J connectivity index is 1.53. The molecule has 35 heavy (non-hydrogen) atoms. The molecule has 1 aliphatic heterocycles. The topological polar surface area (TPSA) is 121 Å². The molecule has 0 fully saturated rings. The molecule has 2 heterocycles. The second-order valence-electron chi connectivity index (χ2n) is 9.72. The molecule has 3 N–H and O–H groups in total. The molecule has 2 amide bonds. The van der Waals surface area contributed by atoms with Crippen LogP contribution in [0.15, 0.2) is 39.5 Å². The minimum absolute atomic E-state index is 0.214. The molecule has 2 aromatic carbocycles. The molecule has 5 rings (SSSR count). The highest BCUT2D eigenvalue weighted by atomic mass is 16.5. The molecule has 0 saturated heterocycles. The van der Waals surface area contributed by atoms with Crippen LogP contribution >= 0.6 is 0 Å². The number of aryl methyl sites for hydroxylation is 2. The monoisotopic (exact) mass is 476 g/mol. The molecule has 0 spiro atoms. The van der Waals surface area contributed by atoms with Crippen molar-refractivity contribution in [2.75, 3.05) is 11.9 Å². The van der Waals surface area contributed by atoms with E-state index in [1.807, 2.05) is 13.8 Å². The molecular weight excluding hydrogens is 448 g/mol. The lowest BCUT2D eigenvalue weighted by Gasteiger charge is -2.33. The SMILES string of the molecule is CC1(C)CCc2c(cc(OCC(=O)Nc3ccccc3C(N)=O)c3c4c(c(=O)oc23)CCCC4)O1. The summed E-state index contributed by atoms with van der Waals surface area (Å²) in [6.07, 6.45) is 4.82. The highest BCUT2D eigenvalue weighted by Gasteiger charge is 2.32. The second kappa shape index (κ2) is 8.76. The van der Waals surface area contributed by atoms with Gasteiger partial charge in [-0.05, 0) is 70.1 Å². The number of carbonyl (C=O) groups is 2. The average molecular weight is 477 g/mol. The van der Waals surface area contributed by atoms with E-state index < -0.39 is 11.8 Å². The molecule has 1 aliphatic carbocycles. The highest BCUT2D eigenvalue weighted by molar-refractivity contribution is 6.03. The number of nitrogens with one attached hydrogen (secondary N) is 1. The molecule has 0 saturated carbocycles. The van der Waals surface area contributed by atoms with Crippen LogP contribution in [0.1, 0.15) is 60.2 Å². The first-order valence-electron chi connectivity index (χ1n) is 11.9. The molecule has 1 aromatic heterocycles. The quantitative estimate of drug-likeness (QED) is 0.539. The summed E-state index contributed by atoms with van der Waals surface area (Å²) in [6.45, 7) is 3.71. The van der Waals surface area contributed by atoms with E-state index in [9.17, 15) is 14.4 Å². The van der Waals surface area contributed by atoms with Gasteiger partial charge in [-0.25, -0.2) is 4.79 Å². The van der Waals surface area contributed by atoms with Gasteiger partial charge in [-0.3, -0.25) is 9.59 Å². The van der Waals surface area contributed by atoms with Crippen molar-refractivity contribution in [1.29, 1.82) is 0 Å². The summed E-state index contributed by atoms with van der Waals surface area (Å²) < 4.78 is 18.1. The van der Waals surface area contributed by atoms with E-state index in [0.29, 0.717) is 41.2 Å². The first-order chi connectivity index (χ1) is 16.7. The number of nitrogens with two attached hydrogens (primary N) is 1. The second-order valence-corrected chi connectivity index (χ2v) is 9.72. The van der Waals surface area contributed by atoms with Crippen LogP contribution in [0.25, 0.3) is 11.0 Å². The van der Waals surface area contributed by atoms with E-state index in [-0.39, 0.29) is 23.4 Å². The van der Waals surface area contributed by atoms with Gasteiger partial charge in [-0.1, -0.05) is 12.1 Å². The largest absolute Gasteiger partial charge is 0.487 e. The lowest BCUT2D eigenvalue weighted by Crippen LogP contribution is -2.33. The van der Waals surface area contributed by atoms with E-state index in [1.165, 1.54) is 0 Å². The minimum Gasteiger partial charge on any atom is -0.487 e. The average Bonchev–Trinajstić information content (AvgIpc) is 2.82. The van der Waals surface area contributed by atoms with Crippen LogP contribution in [-0.2, 0) is 24.1 Å². The fourth-order valence-corrected chi connectivity index (χ4v) is 4.97. The van der Waals surface area contributed by atoms with Gasteiger partial charge in [0.2, 0.25) is 0 Å². The normalized spacial score (nSPS) is 16.1. The zero-order valence-corrected chi connectivity index (χ0v) is 19.9. The Morgan fingerprint density at radius 1 is 1.09 bits per heavy atom. The van der Waals surface area contributed by atoms with Crippen molar-refractivity contribution >= 4 is 28.5 Å². The van der Waals surface area contributed by atoms with Crippen LogP contribution in [0.2, 0.25) is 0 Å². The molecule has 3 aromatic rings. The smallest absolute Gasteiger partial charge is 0.339 e. The third-order valence-corrected chi connectivity index (χ3v) is 6.71. The van der Waals surface area contributed by atoms with Crippen molar-refractivity contribution in [3.63, 3.8) is 0 Å². The van der Waals surface area contributed by atoms with Crippen molar-refractivity contribution in [2.45, 2.75) is 58.0 Å². The number of fused-ring (bicyclic) bond motifs is 5. The minimum atomic E-state index is -0.635. The third kappa shape index (κ3) is 4.36. The maximum Gasteiger partial charge on any atom is 0.339 e. The highest BCUT2D eigenvalue weighted by Crippen LogP contribution is 2.44. The molecule has 2 aliphatic rings. The van der Waals surface area contributed by atoms with Crippen LogP contribution < -0.4 is 26.1 Å². The van der Waals surface area contributed by atoms with Gasteiger partial charge >= 0.3 is 5.63 Å². The van der Waals surface area contributed by atoms with Gasteiger partial charge in [0.05, 0.1) is 16.6 Å². The lowest BCUT2D eigenvalue weighted by molar-refractivity contribution is -0.118. The van der Waals surface area contributed by atoms with E-state index in [1.54, 1.807) is 30.3 Å². The number of amides is 2. The molecule has 0 radical (unpaired) electrons. The van der Waals surface area contributed by atoms with E-state index >= 15 is 0 Å². The third-order valence-electron chi connectivity index (χ3n) is 6.71. The molecule has 0 unspecified atom stereocenters. The Kier molecular flexibility index (Phi) is 5.75. The number of anilines is 1. The van der Waals surface area contributed by atoms with Gasteiger partial charge in [0.25, 0.3) is 11.8 Å². The number of hydrogen-bond donors (Lipinski definition) is 2. The van der Waals surface area contributed by atoms with Crippen molar-refractivity contribution in [1.82, 2.24) is 0 Å². The standard InChI is InChI=1S/C27H28N2O6/c1-27(2)12-11-18-20(35-27)13-21(23-15-7-3-4-8-16(15)26(32)34-24(18)23)33-14-22(30)29-19-10-6-5-9-17(19)25(28)31/h5-6,9-10,13H,3-4,7-8,11-12,14H2,1-2H3,(H2,28,31)(H,29,30). The Labute approximate surface area is 202 Å². The maximum atomic E-state index is 12.8. The zero-order valence-electron chi connectivity index (χ0n) is 19.9. The summed E-state index contributed by atoms with van der Waals surface area (Å²) in [6, 6.07) is 8.33. The van der Waals surface area contributed by atoms with Gasteiger partial charge < -0.3 is 24.9 Å². The molecular formula is C27H28N2O6. The first kappa shape index (κ1) is 23.0. The number of hydrogen-bond acceptors (Lipinski definition) is 6. The van der Waals surface area contributed by atoms with Gasteiger partial charge in [0.1, 0.15) is 22.7 Å². The summed E-state index contributed by atoms with van der Waals surface area (Å²) in [5, 5.41) is 3.43.